The average molecular weight is 245 g/mol. The monoisotopic (exact) mass is 245 g/mol. The van der Waals surface area contributed by atoms with Crippen LogP contribution in [-0.2, 0) is 0 Å². The smallest absolute Gasteiger partial charge is 0.0552 e. The molecule has 0 spiro atoms. The predicted molar refractivity (Wildman–Crippen MR) is 80.2 cm³/mol. The summed E-state index contributed by atoms with van der Waals surface area (Å²) in [6.45, 7) is 0. The number of benzene rings is 2. The molecule has 1 heterocycles. The number of rotatable bonds is 1. The Balaban J connectivity index is 1.77. The number of fused-ring (bicyclic) bond motifs is 3. The maximum absolute atomic E-state index is 3.58. The lowest BCUT2D eigenvalue weighted by molar-refractivity contribution is 0.808. The standard InChI is InChI=1S/C18H15N/c1-2-6-13(7-3-1)14-10-11-18-16(12-14)15-8-4-5-9-17(15)19-18/h1-12,16,18-19H. The summed E-state index contributed by atoms with van der Waals surface area (Å²) in [6.07, 6.45) is 6.90. The third kappa shape index (κ3) is 1.70. The molecule has 1 N–H and O–H groups in total. The van der Waals surface area contributed by atoms with Crippen LogP contribution >= 0.6 is 0 Å². The normalized spacial score (nSPS) is 23.3. The maximum Gasteiger partial charge on any atom is 0.0552 e. The van der Waals surface area contributed by atoms with E-state index >= 15 is 0 Å². The molecule has 1 aliphatic carbocycles. The summed E-state index contributed by atoms with van der Waals surface area (Å²) in [6, 6.07) is 19.6. The number of hydrogen-bond donors (Lipinski definition) is 1. The highest BCUT2D eigenvalue weighted by Crippen LogP contribution is 2.41. The molecule has 92 valence electrons. The van der Waals surface area contributed by atoms with Crippen molar-refractivity contribution in [1.29, 1.82) is 0 Å². The Kier molecular flexibility index (Phi) is 2.31. The summed E-state index contributed by atoms with van der Waals surface area (Å²) in [4.78, 5) is 0. The molecule has 0 amide bonds. The minimum atomic E-state index is 0.407. The number of anilines is 1. The molecule has 19 heavy (non-hydrogen) atoms. The van der Waals surface area contributed by atoms with Gasteiger partial charge >= 0.3 is 0 Å². The van der Waals surface area contributed by atoms with E-state index in [1.54, 1.807) is 0 Å². The lowest BCUT2D eigenvalue weighted by Gasteiger charge is -2.19. The van der Waals surface area contributed by atoms with Crippen LogP contribution in [0.5, 0.6) is 0 Å². The van der Waals surface area contributed by atoms with Crippen molar-refractivity contribution in [1.82, 2.24) is 0 Å². The van der Waals surface area contributed by atoms with Gasteiger partial charge in [0.25, 0.3) is 0 Å². The van der Waals surface area contributed by atoms with Gasteiger partial charge in [0.05, 0.1) is 6.04 Å². The summed E-state index contributed by atoms with van der Waals surface area (Å²) in [7, 11) is 0. The number of allylic oxidation sites excluding steroid dienone is 2. The molecule has 0 saturated heterocycles. The lowest BCUT2D eigenvalue weighted by Crippen LogP contribution is -2.18. The number of nitrogens with one attached hydrogen (secondary N) is 1. The minimum absolute atomic E-state index is 0.407. The largest absolute Gasteiger partial charge is 0.378 e. The van der Waals surface area contributed by atoms with E-state index in [0.717, 1.165) is 0 Å². The van der Waals surface area contributed by atoms with E-state index in [9.17, 15) is 0 Å². The topological polar surface area (TPSA) is 12.0 Å². The fourth-order valence-electron chi connectivity index (χ4n) is 3.02. The average Bonchev–Trinajstić information content (AvgIpc) is 2.86. The van der Waals surface area contributed by atoms with Crippen LogP contribution in [0.2, 0.25) is 0 Å². The Bertz CT molecular complexity index is 667. The van der Waals surface area contributed by atoms with Crippen LogP contribution in [-0.4, -0.2) is 6.04 Å². The van der Waals surface area contributed by atoms with Crippen molar-refractivity contribution in [2.75, 3.05) is 5.32 Å². The first-order valence-corrected chi connectivity index (χ1v) is 6.73. The molecular weight excluding hydrogens is 230 g/mol. The molecule has 0 aromatic heterocycles. The number of para-hydroxylation sites is 1. The first-order chi connectivity index (χ1) is 9.42. The van der Waals surface area contributed by atoms with Crippen molar-refractivity contribution in [2.24, 2.45) is 0 Å². The lowest BCUT2D eigenvalue weighted by atomic mass is 9.86. The van der Waals surface area contributed by atoms with Crippen molar-refractivity contribution >= 4 is 11.3 Å². The Labute approximate surface area is 113 Å². The van der Waals surface area contributed by atoms with Crippen molar-refractivity contribution in [3.05, 3.63) is 84.0 Å². The van der Waals surface area contributed by atoms with E-state index in [1.807, 2.05) is 0 Å². The molecule has 0 saturated carbocycles. The van der Waals surface area contributed by atoms with Crippen LogP contribution < -0.4 is 5.32 Å². The Morgan fingerprint density at radius 3 is 2.53 bits per heavy atom. The van der Waals surface area contributed by atoms with E-state index in [-0.39, 0.29) is 0 Å². The number of hydrogen-bond acceptors (Lipinski definition) is 1. The van der Waals surface area contributed by atoms with Crippen molar-refractivity contribution < 1.29 is 0 Å². The van der Waals surface area contributed by atoms with Crippen LogP contribution in [0.3, 0.4) is 0 Å². The molecular formula is C18H15N. The minimum Gasteiger partial charge on any atom is -0.378 e. The van der Waals surface area contributed by atoms with Gasteiger partial charge in [0.2, 0.25) is 0 Å². The third-order valence-corrected chi connectivity index (χ3v) is 3.98. The second-order valence-corrected chi connectivity index (χ2v) is 5.13. The summed E-state index contributed by atoms with van der Waals surface area (Å²) < 4.78 is 0. The van der Waals surface area contributed by atoms with Gasteiger partial charge in [-0.1, -0.05) is 66.8 Å². The molecule has 0 fully saturated rings. The molecule has 0 radical (unpaired) electrons. The van der Waals surface area contributed by atoms with E-state index in [0.29, 0.717) is 12.0 Å². The van der Waals surface area contributed by atoms with E-state index in [4.69, 9.17) is 0 Å². The predicted octanol–water partition coefficient (Wildman–Crippen LogP) is 4.22. The fourth-order valence-corrected chi connectivity index (χ4v) is 3.02. The third-order valence-electron chi connectivity index (χ3n) is 3.98. The zero-order chi connectivity index (χ0) is 12.7. The fraction of sp³-hybridized carbons (Fsp3) is 0.111. The maximum atomic E-state index is 3.58. The first-order valence-electron chi connectivity index (χ1n) is 6.73. The second-order valence-electron chi connectivity index (χ2n) is 5.13. The van der Waals surface area contributed by atoms with Gasteiger partial charge < -0.3 is 5.32 Å². The quantitative estimate of drug-likeness (QED) is 0.793. The van der Waals surface area contributed by atoms with E-state index < -0.39 is 0 Å². The highest BCUT2D eigenvalue weighted by Gasteiger charge is 2.30. The summed E-state index contributed by atoms with van der Waals surface area (Å²) >= 11 is 0. The van der Waals surface area contributed by atoms with Crippen molar-refractivity contribution in [2.45, 2.75) is 12.0 Å². The molecule has 2 aliphatic rings. The molecule has 0 bridgehead atoms. The van der Waals surface area contributed by atoms with Crippen LogP contribution in [0.25, 0.3) is 5.57 Å². The van der Waals surface area contributed by atoms with Crippen LogP contribution in [0.15, 0.2) is 72.8 Å². The summed E-state index contributed by atoms with van der Waals surface area (Å²) in [5, 5.41) is 3.58. The molecule has 1 aliphatic heterocycles. The Morgan fingerprint density at radius 1 is 0.842 bits per heavy atom. The molecule has 4 rings (SSSR count). The summed E-state index contributed by atoms with van der Waals surface area (Å²) in [5.41, 5.74) is 5.29. The molecule has 2 unspecified atom stereocenters. The molecule has 2 aromatic carbocycles. The van der Waals surface area contributed by atoms with Crippen molar-refractivity contribution in [3.63, 3.8) is 0 Å². The van der Waals surface area contributed by atoms with Gasteiger partial charge in [0, 0.05) is 11.6 Å². The zero-order valence-corrected chi connectivity index (χ0v) is 10.6. The van der Waals surface area contributed by atoms with Gasteiger partial charge in [0.1, 0.15) is 0 Å². The van der Waals surface area contributed by atoms with Gasteiger partial charge in [-0.05, 0) is 22.8 Å². The SMILES string of the molecule is C1=CC2Nc3ccccc3C2C=C1c1ccccc1. The molecule has 1 heteroatoms. The molecule has 1 nitrogen and oxygen atoms in total. The first kappa shape index (κ1) is 10.6. The summed E-state index contributed by atoms with van der Waals surface area (Å²) in [5.74, 6) is 0.455. The van der Waals surface area contributed by atoms with Gasteiger partial charge in [-0.25, -0.2) is 0 Å². The van der Waals surface area contributed by atoms with E-state index in [2.05, 4.69) is 78.1 Å². The highest BCUT2D eigenvalue weighted by atomic mass is 15.0. The Hall–Kier alpha value is -2.28. The molecule has 2 aromatic rings. The van der Waals surface area contributed by atoms with Gasteiger partial charge in [0.15, 0.2) is 0 Å². The zero-order valence-electron chi connectivity index (χ0n) is 10.6. The van der Waals surface area contributed by atoms with Gasteiger partial charge in [-0.3, -0.25) is 0 Å². The van der Waals surface area contributed by atoms with Crippen LogP contribution in [0, 0.1) is 0 Å². The van der Waals surface area contributed by atoms with Crippen molar-refractivity contribution in [3.8, 4) is 0 Å². The van der Waals surface area contributed by atoms with Gasteiger partial charge in [-0.2, -0.15) is 0 Å². The second kappa shape index (κ2) is 4.13. The van der Waals surface area contributed by atoms with Gasteiger partial charge in [-0.15, -0.1) is 0 Å². The van der Waals surface area contributed by atoms with Crippen LogP contribution in [0.4, 0.5) is 5.69 Å². The van der Waals surface area contributed by atoms with Crippen LogP contribution in [0.1, 0.15) is 17.0 Å². The molecule has 2 atom stereocenters. The highest BCUT2D eigenvalue weighted by molar-refractivity contribution is 5.79. The van der Waals surface area contributed by atoms with E-state index in [1.165, 1.54) is 22.4 Å². The Morgan fingerprint density at radius 2 is 1.63 bits per heavy atom.